The Balaban J connectivity index is 1.30. The number of carbonyl (C=O) groups is 1. The summed E-state index contributed by atoms with van der Waals surface area (Å²) in [5.41, 5.74) is 1.48. The molecule has 1 amide bonds. The standard InChI is InChI=1S/C21H20F3N3O2/c22-21(23,24)16-7-5-15(6-8-16)14-26-9-11-27(12-10-26)20(28)13-18-17-3-1-2-4-19(17)29-25-18/h1-8H,9-14H2. The summed E-state index contributed by atoms with van der Waals surface area (Å²) in [6, 6.07) is 12.7. The first-order valence-corrected chi connectivity index (χ1v) is 9.40. The van der Waals surface area contributed by atoms with Crippen LogP contribution in [0.3, 0.4) is 0 Å². The van der Waals surface area contributed by atoms with Gasteiger partial charge < -0.3 is 9.42 Å². The molecule has 5 nitrogen and oxygen atoms in total. The van der Waals surface area contributed by atoms with E-state index in [1.54, 1.807) is 4.90 Å². The Morgan fingerprint density at radius 1 is 1.00 bits per heavy atom. The maximum atomic E-state index is 12.7. The first kappa shape index (κ1) is 19.4. The number of aromatic nitrogens is 1. The Bertz CT molecular complexity index is 990. The van der Waals surface area contributed by atoms with Crippen LogP contribution in [-0.2, 0) is 23.9 Å². The zero-order chi connectivity index (χ0) is 20.4. The van der Waals surface area contributed by atoms with E-state index in [0.717, 1.165) is 23.1 Å². The van der Waals surface area contributed by atoms with E-state index in [4.69, 9.17) is 4.52 Å². The van der Waals surface area contributed by atoms with Crippen molar-refractivity contribution in [3.05, 3.63) is 65.4 Å². The molecule has 0 aliphatic carbocycles. The maximum Gasteiger partial charge on any atom is 0.416 e. The fourth-order valence-corrected chi connectivity index (χ4v) is 3.53. The average Bonchev–Trinajstić information content (AvgIpc) is 3.11. The number of hydrogen-bond donors (Lipinski definition) is 0. The number of para-hydroxylation sites is 1. The van der Waals surface area contributed by atoms with Crippen molar-refractivity contribution in [2.24, 2.45) is 0 Å². The minimum Gasteiger partial charge on any atom is -0.356 e. The number of rotatable bonds is 4. The minimum absolute atomic E-state index is 0.00164. The largest absolute Gasteiger partial charge is 0.416 e. The molecular formula is C21H20F3N3O2. The lowest BCUT2D eigenvalue weighted by atomic mass is 10.1. The Labute approximate surface area is 165 Å². The predicted octanol–water partition coefficient (Wildman–Crippen LogP) is 3.73. The predicted molar refractivity (Wildman–Crippen MR) is 101 cm³/mol. The molecule has 0 atom stereocenters. The first-order chi connectivity index (χ1) is 13.9. The second-order valence-corrected chi connectivity index (χ2v) is 7.15. The number of alkyl halides is 3. The van der Waals surface area contributed by atoms with Gasteiger partial charge in [-0.1, -0.05) is 29.4 Å². The summed E-state index contributed by atoms with van der Waals surface area (Å²) < 4.78 is 43.2. The van der Waals surface area contributed by atoms with Crippen molar-refractivity contribution in [2.75, 3.05) is 26.2 Å². The van der Waals surface area contributed by atoms with Crippen LogP contribution in [0.15, 0.2) is 53.1 Å². The summed E-state index contributed by atoms with van der Waals surface area (Å²) in [4.78, 5) is 16.6. The third kappa shape index (κ3) is 4.42. The number of hydrogen-bond acceptors (Lipinski definition) is 4. The van der Waals surface area contributed by atoms with Crippen LogP contribution in [0.4, 0.5) is 13.2 Å². The van der Waals surface area contributed by atoms with Crippen molar-refractivity contribution in [3.8, 4) is 0 Å². The van der Waals surface area contributed by atoms with Crippen LogP contribution in [0.25, 0.3) is 11.0 Å². The molecule has 0 N–H and O–H groups in total. The fourth-order valence-electron chi connectivity index (χ4n) is 3.53. The van der Waals surface area contributed by atoms with Crippen LogP contribution in [0.5, 0.6) is 0 Å². The molecule has 0 unspecified atom stereocenters. The van der Waals surface area contributed by atoms with Gasteiger partial charge in [-0.2, -0.15) is 13.2 Å². The summed E-state index contributed by atoms with van der Waals surface area (Å²) in [5, 5.41) is 4.86. The topological polar surface area (TPSA) is 49.6 Å². The van der Waals surface area contributed by atoms with Crippen LogP contribution in [0.2, 0.25) is 0 Å². The molecule has 152 valence electrons. The summed E-state index contributed by atoms with van der Waals surface area (Å²) >= 11 is 0. The maximum absolute atomic E-state index is 12.7. The van der Waals surface area contributed by atoms with E-state index in [0.29, 0.717) is 44.0 Å². The molecule has 0 radical (unpaired) electrons. The lowest BCUT2D eigenvalue weighted by Crippen LogP contribution is -2.48. The van der Waals surface area contributed by atoms with Crippen LogP contribution in [0.1, 0.15) is 16.8 Å². The second kappa shape index (κ2) is 7.87. The van der Waals surface area contributed by atoms with Gasteiger partial charge in [0.25, 0.3) is 0 Å². The van der Waals surface area contributed by atoms with Crippen molar-refractivity contribution >= 4 is 16.9 Å². The van der Waals surface area contributed by atoms with Crippen LogP contribution in [0, 0.1) is 0 Å². The normalized spacial score (nSPS) is 15.8. The molecule has 1 aliphatic heterocycles. The molecule has 2 aromatic carbocycles. The van der Waals surface area contributed by atoms with Gasteiger partial charge in [0.2, 0.25) is 5.91 Å². The highest BCUT2D eigenvalue weighted by Crippen LogP contribution is 2.29. The molecule has 1 aromatic heterocycles. The molecule has 1 saturated heterocycles. The van der Waals surface area contributed by atoms with Crippen LogP contribution in [-0.4, -0.2) is 47.0 Å². The van der Waals surface area contributed by atoms with Crippen molar-refractivity contribution in [1.29, 1.82) is 0 Å². The Morgan fingerprint density at radius 3 is 2.38 bits per heavy atom. The molecule has 1 fully saturated rings. The third-order valence-corrected chi connectivity index (χ3v) is 5.18. The molecule has 29 heavy (non-hydrogen) atoms. The quantitative estimate of drug-likeness (QED) is 0.666. The second-order valence-electron chi connectivity index (χ2n) is 7.15. The molecule has 8 heteroatoms. The number of carbonyl (C=O) groups excluding carboxylic acids is 1. The van der Waals surface area contributed by atoms with Gasteiger partial charge in [0.05, 0.1) is 12.0 Å². The van der Waals surface area contributed by atoms with Gasteiger partial charge in [-0.3, -0.25) is 9.69 Å². The summed E-state index contributed by atoms with van der Waals surface area (Å²) in [7, 11) is 0. The summed E-state index contributed by atoms with van der Waals surface area (Å²) in [6.07, 6.45) is -4.13. The minimum atomic E-state index is -4.32. The third-order valence-electron chi connectivity index (χ3n) is 5.18. The lowest BCUT2D eigenvalue weighted by molar-refractivity contribution is -0.137. The molecular weight excluding hydrogens is 383 g/mol. The number of nitrogens with zero attached hydrogens (tertiary/aromatic N) is 3. The molecule has 0 spiro atoms. The first-order valence-electron chi connectivity index (χ1n) is 9.40. The van der Waals surface area contributed by atoms with Gasteiger partial charge in [0, 0.05) is 38.1 Å². The van der Waals surface area contributed by atoms with E-state index >= 15 is 0 Å². The molecule has 1 aliphatic rings. The number of amides is 1. The van der Waals surface area contributed by atoms with E-state index < -0.39 is 11.7 Å². The van der Waals surface area contributed by atoms with Crippen LogP contribution < -0.4 is 0 Å². The summed E-state index contributed by atoms with van der Waals surface area (Å²) in [5.74, 6) is -0.00164. The molecule has 2 heterocycles. The van der Waals surface area contributed by atoms with Gasteiger partial charge in [0.15, 0.2) is 5.58 Å². The highest BCUT2D eigenvalue weighted by molar-refractivity contribution is 5.86. The van der Waals surface area contributed by atoms with Crippen molar-refractivity contribution in [3.63, 3.8) is 0 Å². The zero-order valence-electron chi connectivity index (χ0n) is 15.7. The number of fused-ring (bicyclic) bond motifs is 1. The number of benzene rings is 2. The average molecular weight is 403 g/mol. The SMILES string of the molecule is O=C(Cc1noc2ccccc12)N1CCN(Cc2ccc(C(F)(F)F)cc2)CC1. The van der Waals surface area contributed by atoms with E-state index in [9.17, 15) is 18.0 Å². The van der Waals surface area contributed by atoms with Crippen molar-refractivity contribution in [2.45, 2.75) is 19.1 Å². The van der Waals surface area contributed by atoms with Gasteiger partial charge in [-0.05, 0) is 29.8 Å². The van der Waals surface area contributed by atoms with Gasteiger partial charge in [-0.25, -0.2) is 0 Å². The van der Waals surface area contributed by atoms with E-state index in [-0.39, 0.29) is 12.3 Å². The number of piperazine rings is 1. The highest BCUT2D eigenvalue weighted by atomic mass is 19.4. The Hall–Kier alpha value is -2.87. The van der Waals surface area contributed by atoms with E-state index in [1.165, 1.54) is 12.1 Å². The van der Waals surface area contributed by atoms with Crippen molar-refractivity contribution < 1.29 is 22.5 Å². The van der Waals surface area contributed by atoms with Gasteiger partial charge in [-0.15, -0.1) is 0 Å². The Kier molecular flexibility index (Phi) is 5.27. The van der Waals surface area contributed by atoms with Crippen molar-refractivity contribution in [1.82, 2.24) is 15.0 Å². The molecule has 0 saturated carbocycles. The monoisotopic (exact) mass is 403 g/mol. The zero-order valence-corrected chi connectivity index (χ0v) is 15.7. The summed E-state index contributed by atoms with van der Waals surface area (Å²) in [6.45, 7) is 3.07. The molecule has 3 aromatic rings. The number of halogens is 3. The van der Waals surface area contributed by atoms with E-state index in [1.807, 2.05) is 24.3 Å². The highest BCUT2D eigenvalue weighted by Gasteiger charge is 2.30. The lowest BCUT2D eigenvalue weighted by Gasteiger charge is -2.34. The van der Waals surface area contributed by atoms with Crippen LogP contribution >= 0.6 is 0 Å². The molecule has 4 rings (SSSR count). The van der Waals surface area contributed by atoms with Gasteiger partial charge in [0.1, 0.15) is 5.69 Å². The Morgan fingerprint density at radius 2 is 1.69 bits per heavy atom. The molecule has 0 bridgehead atoms. The van der Waals surface area contributed by atoms with E-state index in [2.05, 4.69) is 10.1 Å². The fraction of sp³-hybridized carbons (Fsp3) is 0.333. The smallest absolute Gasteiger partial charge is 0.356 e. The van der Waals surface area contributed by atoms with Gasteiger partial charge >= 0.3 is 6.18 Å².